The van der Waals surface area contributed by atoms with Gasteiger partial charge in [-0.3, -0.25) is 4.79 Å². The number of anilines is 1. The molecule has 0 spiro atoms. The van der Waals surface area contributed by atoms with Gasteiger partial charge in [0.05, 0.1) is 6.20 Å². The normalized spacial score (nSPS) is 15.6. The molecule has 3 heterocycles. The monoisotopic (exact) mass is 332 g/mol. The smallest absolute Gasteiger partial charge is 0.267 e. The van der Waals surface area contributed by atoms with Crippen molar-refractivity contribution in [1.82, 2.24) is 24.5 Å². The quantitative estimate of drug-likeness (QED) is 0.832. The first-order valence-corrected chi connectivity index (χ1v) is 8.47. The van der Waals surface area contributed by atoms with Crippen LogP contribution >= 0.6 is 11.5 Å². The third-order valence-corrected chi connectivity index (χ3v) is 4.78. The van der Waals surface area contributed by atoms with E-state index in [2.05, 4.69) is 31.4 Å². The summed E-state index contributed by atoms with van der Waals surface area (Å²) < 4.78 is 3.77. The van der Waals surface area contributed by atoms with Gasteiger partial charge in [0, 0.05) is 37.4 Å². The molecule has 0 aromatic carbocycles. The van der Waals surface area contributed by atoms with Crippen LogP contribution in [0.1, 0.15) is 33.2 Å². The summed E-state index contributed by atoms with van der Waals surface area (Å²) in [6, 6.07) is 0. The molecule has 23 heavy (non-hydrogen) atoms. The zero-order valence-electron chi connectivity index (χ0n) is 13.6. The fraction of sp³-hybridized carbons (Fsp3) is 0.533. The summed E-state index contributed by atoms with van der Waals surface area (Å²) in [6.07, 6.45) is 2.45. The molecule has 3 rings (SSSR count). The second-order valence-corrected chi connectivity index (χ2v) is 6.51. The summed E-state index contributed by atoms with van der Waals surface area (Å²) in [6.45, 7) is 9.07. The lowest BCUT2D eigenvalue weighted by atomic mass is 10.2. The Bertz CT molecular complexity index is 702. The summed E-state index contributed by atoms with van der Waals surface area (Å²) in [7, 11) is 0. The van der Waals surface area contributed by atoms with Gasteiger partial charge in [-0.25, -0.2) is 9.97 Å². The van der Waals surface area contributed by atoms with Crippen molar-refractivity contribution < 1.29 is 4.79 Å². The standard InChI is InChI=1S/C15H20N6OS/c1-10-11(2)17-12(3)18-14(10)20-5-4-6-21(8-7-20)15(22)13-9-16-19-23-13/h9H,4-8H2,1-3H3. The lowest BCUT2D eigenvalue weighted by Crippen LogP contribution is -2.35. The molecular weight excluding hydrogens is 312 g/mol. The molecule has 0 N–H and O–H groups in total. The molecule has 2 aromatic rings. The maximum absolute atomic E-state index is 12.4. The molecule has 1 saturated heterocycles. The van der Waals surface area contributed by atoms with Gasteiger partial charge in [-0.1, -0.05) is 4.49 Å². The van der Waals surface area contributed by atoms with Crippen molar-refractivity contribution >= 4 is 23.3 Å². The largest absolute Gasteiger partial charge is 0.354 e. The van der Waals surface area contributed by atoms with E-state index in [4.69, 9.17) is 0 Å². The molecule has 1 aliphatic heterocycles. The van der Waals surface area contributed by atoms with Gasteiger partial charge in [-0.15, -0.1) is 5.10 Å². The Morgan fingerprint density at radius 3 is 2.70 bits per heavy atom. The Labute approximate surface area is 139 Å². The highest BCUT2D eigenvalue weighted by Crippen LogP contribution is 2.21. The molecule has 1 fully saturated rings. The van der Waals surface area contributed by atoms with Crippen LogP contribution in [0, 0.1) is 20.8 Å². The molecule has 0 saturated carbocycles. The number of hydrogen-bond acceptors (Lipinski definition) is 7. The summed E-state index contributed by atoms with van der Waals surface area (Å²) >= 11 is 1.15. The number of amides is 1. The summed E-state index contributed by atoms with van der Waals surface area (Å²) in [5, 5.41) is 3.75. The van der Waals surface area contributed by atoms with Gasteiger partial charge in [0.1, 0.15) is 16.5 Å². The molecular formula is C15H20N6OS. The van der Waals surface area contributed by atoms with Crippen LogP contribution in [0.5, 0.6) is 0 Å². The maximum Gasteiger partial charge on any atom is 0.267 e. The van der Waals surface area contributed by atoms with Crippen LogP contribution in [0.2, 0.25) is 0 Å². The van der Waals surface area contributed by atoms with Crippen molar-refractivity contribution in [2.75, 3.05) is 31.1 Å². The second kappa shape index (κ2) is 6.57. The highest BCUT2D eigenvalue weighted by atomic mass is 32.1. The second-order valence-electron chi connectivity index (χ2n) is 5.72. The zero-order valence-corrected chi connectivity index (χ0v) is 14.4. The van der Waals surface area contributed by atoms with E-state index in [9.17, 15) is 4.79 Å². The number of carbonyl (C=O) groups excluding carboxylic acids is 1. The Morgan fingerprint density at radius 2 is 1.96 bits per heavy atom. The first kappa shape index (κ1) is 15.8. The van der Waals surface area contributed by atoms with Crippen molar-refractivity contribution in [3.05, 3.63) is 28.2 Å². The molecule has 122 valence electrons. The van der Waals surface area contributed by atoms with Crippen LogP contribution in [0.25, 0.3) is 0 Å². The van der Waals surface area contributed by atoms with E-state index < -0.39 is 0 Å². The Kier molecular flexibility index (Phi) is 4.51. The van der Waals surface area contributed by atoms with E-state index in [1.165, 1.54) is 6.20 Å². The van der Waals surface area contributed by atoms with Crippen molar-refractivity contribution in [2.45, 2.75) is 27.2 Å². The van der Waals surface area contributed by atoms with Crippen LogP contribution in [-0.4, -0.2) is 56.5 Å². The minimum absolute atomic E-state index is 0.0219. The number of carbonyl (C=O) groups is 1. The molecule has 0 radical (unpaired) electrons. The predicted molar refractivity (Wildman–Crippen MR) is 88.9 cm³/mol. The first-order chi connectivity index (χ1) is 11.1. The SMILES string of the molecule is Cc1nc(C)c(C)c(N2CCCN(C(=O)c3cnns3)CC2)n1. The van der Waals surface area contributed by atoms with Gasteiger partial charge >= 0.3 is 0 Å². The molecule has 0 unspecified atom stereocenters. The van der Waals surface area contributed by atoms with Crippen LogP contribution < -0.4 is 4.90 Å². The van der Waals surface area contributed by atoms with Gasteiger partial charge < -0.3 is 9.80 Å². The third kappa shape index (κ3) is 3.31. The Balaban J connectivity index is 1.75. The molecule has 1 amide bonds. The molecule has 7 nitrogen and oxygen atoms in total. The third-order valence-electron chi connectivity index (χ3n) is 4.13. The Hall–Kier alpha value is -2.09. The number of rotatable bonds is 2. The molecule has 1 aliphatic rings. The van der Waals surface area contributed by atoms with Crippen molar-refractivity contribution in [3.63, 3.8) is 0 Å². The fourth-order valence-electron chi connectivity index (χ4n) is 2.81. The van der Waals surface area contributed by atoms with Crippen LogP contribution in [-0.2, 0) is 0 Å². The van der Waals surface area contributed by atoms with E-state index in [1.807, 2.05) is 18.7 Å². The van der Waals surface area contributed by atoms with E-state index in [0.29, 0.717) is 11.4 Å². The maximum atomic E-state index is 12.4. The summed E-state index contributed by atoms with van der Waals surface area (Å²) in [4.78, 5) is 26.2. The number of hydrogen-bond donors (Lipinski definition) is 0. The van der Waals surface area contributed by atoms with Crippen LogP contribution in [0.3, 0.4) is 0 Å². The van der Waals surface area contributed by atoms with Crippen molar-refractivity contribution in [2.24, 2.45) is 0 Å². The Morgan fingerprint density at radius 1 is 1.13 bits per heavy atom. The number of aromatic nitrogens is 4. The topological polar surface area (TPSA) is 75.1 Å². The van der Waals surface area contributed by atoms with Gasteiger partial charge in [0.25, 0.3) is 5.91 Å². The van der Waals surface area contributed by atoms with Crippen LogP contribution in [0.4, 0.5) is 5.82 Å². The number of nitrogens with zero attached hydrogens (tertiary/aromatic N) is 6. The average molecular weight is 332 g/mol. The molecule has 2 aromatic heterocycles. The lowest BCUT2D eigenvalue weighted by Gasteiger charge is -2.24. The highest BCUT2D eigenvalue weighted by Gasteiger charge is 2.23. The molecule has 0 bridgehead atoms. The minimum Gasteiger partial charge on any atom is -0.354 e. The van der Waals surface area contributed by atoms with Gasteiger partial charge in [-0.05, 0) is 38.7 Å². The van der Waals surface area contributed by atoms with Gasteiger partial charge in [0.15, 0.2) is 0 Å². The van der Waals surface area contributed by atoms with E-state index in [-0.39, 0.29) is 5.91 Å². The highest BCUT2D eigenvalue weighted by molar-refractivity contribution is 7.07. The van der Waals surface area contributed by atoms with Crippen molar-refractivity contribution in [1.29, 1.82) is 0 Å². The van der Waals surface area contributed by atoms with Crippen LogP contribution in [0.15, 0.2) is 6.20 Å². The summed E-state index contributed by atoms with van der Waals surface area (Å²) in [5.41, 5.74) is 2.13. The number of aryl methyl sites for hydroxylation is 2. The average Bonchev–Trinajstić information content (AvgIpc) is 2.95. The first-order valence-electron chi connectivity index (χ1n) is 7.69. The van der Waals surface area contributed by atoms with E-state index >= 15 is 0 Å². The van der Waals surface area contributed by atoms with E-state index in [1.54, 1.807) is 0 Å². The minimum atomic E-state index is 0.0219. The summed E-state index contributed by atoms with van der Waals surface area (Å²) in [5.74, 6) is 1.80. The molecule has 8 heteroatoms. The predicted octanol–water partition coefficient (Wildman–Crippen LogP) is 1.61. The lowest BCUT2D eigenvalue weighted by molar-refractivity contribution is 0.0771. The fourth-order valence-corrected chi connectivity index (χ4v) is 3.29. The van der Waals surface area contributed by atoms with E-state index in [0.717, 1.165) is 60.5 Å². The van der Waals surface area contributed by atoms with Crippen molar-refractivity contribution in [3.8, 4) is 0 Å². The molecule has 0 atom stereocenters. The molecule has 0 aliphatic carbocycles. The van der Waals surface area contributed by atoms with Gasteiger partial charge in [-0.2, -0.15) is 0 Å². The zero-order chi connectivity index (χ0) is 16.4. The van der Waals surface area contributed by atoms with Gasteiger partial charge in [0.2, 0.25) is 0 Å².